The Balaban J connectivity index is 1.13. The van der Waals surface area contributed by atoms with Crippen molar-refractivity contribution in [3.8, 4) is 17.6 Å². The maximum atomic E-state index is 12.6. The van der Waals surface area contributed by atoms with E-state index in [9.17, 15) is 37.9 Å². The minimum atomic E-state index is -5.70. The number of amides is 2. The Morgan fingerprint density at radius 3 is 2.57 bits per heavy atom. The number of nitrogens with zero attached hydrogens (tertiary/aromatic N) is 5. The summed E-state index contributed by atoms with van der Waals surface area (Å²) in [6, 6.07) is 7.03. The summed E-state index contributed by atoms with van der Waals surface area (Å²) < 4.78 is 69.4. The average molecular weight is 922 g/mol. The van der Waals surface area contributed by atoms with Crippen molar-refractivity contribution in [3.05, 3.63) is 62.5 Å². The molecule has 29 heteroatoms. The van der Waals surface area contributed by atoms with Gasteiger partial charge in [0.05, 0.1) is 38.0 Å². The van der Waals surface area contributed by atoms with Crippen LogP contribution in [-0.2, 0) is 45.8 Å². The maximum Gasteiger partial charge on any atom is 0.490 e. The number of carbonyl (C=O) groups excluding carboxylic acids is 2. The number of nitrogen functional groups attached to an aromatic ring is 1. The van der Waals surface area contributed by atoms with Crippen LogP contribution in [0.25, 0.3) is 10.4 Å². The van der Waals surface area contributed by atoms with Crippen LogP contribution in [0, 0.1) is 11.8 Å². The second kappa shape index (κ2) is 23.8. The van der Waals surface area contributed by atoms with E-state index in [1.807, 2.05) is 0 Å². The Kier molecular flexibility index (Phi) is 19.3. The molecular formula is C32H46N9O17P3. The average Bonchev–Trinajstić information content (AvgIpc) is 3.88. The van der Waals surface area contributed by atoms with E-state index in [0.717, 1.165) is 17.4 Å². The summed E-state index contributed by atoms with van der Waals surface area (Å²) in [4.78, 5) is 80.1. The lowest BCUT2D eigenvalue weighted by atomic mass is 10.2. The molecule has 61 heavy (non-hydrogen) atoms. The van der Waals surface area contributed by atoms with Gasteiger partial charge in [-0.1, -0.05) is 35.9 Å². The Morgan fingerprint density at radius 2 is 1.84 bits per heavy atom. The van der Waals surface area contributed by atoms with Gasteiger partial charge in [-0.05, 0) is 49.4 Å². The molecule has 3 unspecified atom stereocenters. The summed E-state index contributed by atoms with van der Waals surface area (Å²) in [6.07, 6.45) is 3.36. The normalized spacial score (nSPS) is 19.1. The van der Waals surface area contributed by atoms with Crippen molar-refractivity contribution in [1.29, 1.82) is 0 Å². The van der Waals surface area contributed by atoms with Crippen LogP contribution < -0.4 is 32.1 Å². The third-order valence-electron chi connectivity index (χ3n) is 8.45. The molecule has 1 aliphatic carbocycles. The molecule has 1 saturated heterocycles. The molecule has 2 aliphatic rings. The molecule has 1 aromatic carbocycles. The number of azide groups is 1. The fourth-order valence-corrected chi connectivity index (χ4v) is 8.82. The lowest BCUT2D eigenvalue weighted by Crippen LogP contribution is -2.35. The number of rotatable bonds is 24. The van der Waals surface area contributed by atoms with Crippen LogP contribution in [0.2, 0.25) is 0 Å². The highest BCUT2D eigenvalue weighted by Crippen LogP contribution is 2.66. The zero-order valence-electron chi connectivity index (χ0n) is 32.3. The minimum absolute atomic E-state index is 0.0477. The third kappa shape index (κ3) is 18.3. The molecule has 1 aliphatic heterocycles. The summed E-state index contributed by atoms with van der Waals surface area (Å²) in [5.41, 5.74) is 14.5. The number of anilines is 1. The molecule has 5 atom stereocenters. The van der Waals surface area contributed by atoms with Crippen molar-refractivity contribution in [2.75, 3.05) is 58.4 Å². The molecular weight excluding hydrogens is 875 g/mol. The number of aromatic nitrogens is 2. The number of nitrogens with one attached hydrogen (secondary N) is 3. The molecule has 2 amide bonds. The van der Waals surface area contributed by atoms with Gasteiger partial charge in [-0.2, -0.15) is 13.6 Å². The van der Waals surface area contributed by atoms with E-state index in [1.54, 1.807) is 24.3 Å². The number of carbonyl (C=O) groups is 2. The van der Waals surface area contributed by atoms with E-state index >= 15 is 0 Å². The minimum Gasteiger partial charge on any atom is -0.491 e. The zero-order valence-corrected chi connectivity index (χ0v) is 35.0. The first-order valence-corrected chi connectivity index (χ1v) is 23.0. The molecule has 0 radical (unpaired) electrons. The number of phosphoric acid groups is 3. The van der Waals surface area contributed by atoms with Gasteiger partial charge < -0.3 is 60.2 Å². The number of benzene rings is 1. The van der Waals surface area contributed by atoms with Crippen LogP contribution >= 0.6 is 23.5 Å². The molecule has 0 bridgehead atoms. The first kappa shape index (κ1) is 49.4. The molecule has 1 saturated carbocycles. The van der Waals surface area contributed by atoms with Gasteiger partial charge in [-0.15, -0.1) is 0 Å². The lowest BCUT2D eigenvalue weighted by molar-refractivity contribution is -0.126. The summed E-state index contributed by atoms with van der Waals surface area (Å²) in [7, 11) is -16.6. The SMILES string of the molecule is [N-]=[N+]=NC(COc1cccc(C(=O)NCCNC2CCCC2)c1)OCCOCC(=O)NCC#Cc1cn([C@H]2CC[C@@H](COP(=O)(O)OP(=O)(O)OP(=O)(O)O)O2)c(=O)nc1N. The first-order valence-electron chi connectivity index (χ1n) is 18.5. The van der Waals surface area contributed by atoms with Crippen molar-refractivity contribution in [3.63, 3.8) is 0 Å². The smallest absolute Gasteiger partial charge is 0.490 e. The van der Waals surface area contributed by atoms with Gasteiger partial charge in [0.2, 0.25) is 5.91 Å². The summed E-state index contributed by atoms with van der Waals surface area (Å²) in [5, 5.41) is 12.4. The molecule has 9 N–H and O–H groups in total. The molecule has 2 aromatic rings. The van der Waals surface area contributed by atoms with Crippen LogP contribution in [0.1, 0.15) is 60.7 Å². The number of nitrogens with two attached hydrogens (primary N) is 1. The van der Waals surface area contributed by atoms with Gasteiger partial charge in [0.15, 0.2) is 6.23 Å². The molecule has 1 aromatic heterocycles. The van der Waals surface area contributed by atoms with E-state index in [2.05, 4.69) is 55.9 Å². The first-order chi connectivity index (χ1) is 28.9. The molecule has 0 spiro atoms. The summed E-state index contributed by atoms with van der Waals surface area (Å²) in [6.45, 7) is -0.332. The third-order valence-corrected chi connectivity index (χ3v) is 12.3. The van der Waals surface area contributed by atoms with Gasteiger partial charge in [0.25, 0.3) is 5.91 Å². The Labute approximate surface area is 347 Å². The number of hydrogen-bond acceptors (Lipinski definition) is 17. The second-order valence-corrected chi connectivity index (χ2v) is 17.5. The highest BCUT2D eigenvalue weighted by atomic mass is 31.3. The fraction of sp³-hybridized carbons (Fsp3) is 0.562. The zero-order chi connectivity index (χ0) is 44.5. The second-order valence-electron chi connectivity index (χ2n) is 13.1. The Morgan fingerprint density at radius 1 is 1.07 bits per heavy atom. The molecule has 26 nitrogen and oxygen atoms in total. The fourth-order valence-electron chi connectivity index (χ4n) is 5.77. The Hall–Kier alpha value is -4.24. The molecule has 336 valence electrons. The van der Waals surface area contributed by atoms with E-state index in [4.69, 9.17) is 40.0 Å². The van der Waals surface area contributed by atoms with Crippen LogP contribution in [0.4, 0.5) is 5.82 Å². The van der Waals surface area contributed by atoms with E-state index in [1.165, 1.54) is 19.0 Å². The highest BCUT2D eigenvalue weighted by Gasteiger charge is 2.41. The van der Waals surface area contributed by atoms with Crippen molar-refractivity contribution in [2.24, 2.45) is 5.11 Å². The topological polar surface area (TPSA) is 377 Å². The van der Waals surface area contributed by atoms with Crippen LogP contribution in [0.15, 0.2) is 40.4 Å². The van der Waals surface area contributed by atoms with Crippen LogP contribution in [0.5, 0.6) is 5.75 Å². The van der Waals surface area contributed by atoms with E-state index < -0.39 is 60.2 Å². The molecule has 2 heterocycles. The van der Waals surface area contributed by atoms with Gasteiger partial charge in [-0.25, -0.2) is 18.5 Å². The lowest BCUT2D eigenvalue weighted by Gasteiger charge is -2.19. The van der Waals surface area contributed by atoms with Crippen molar-refractivity contribution in [2.45, 2.75) is 63.1 Å². The van der Waals surface area contributed by atoms with Gasteiger partial charge in [0, 0.05) is 35.8 Å². The monoisotopic (exact) mass is 921 g/mol. The summed E-state index contributed by atoms with van der Waals surface area (Å²) in [5.74, 6) is 4.70. The van der Waals surface area contributed by atoms with Crippen LogP contribution in [0.3, 0.4) is 0 Å². The number of hydrogen-bond donors (Lipinski definition) is 8. The van der Waals surface area contributed by atoms with Gasteiger partial charge in [0.1, 0.15) is 31.0 Å². The largest absolute Gasteiger partial charge is 0.491 e. The van der Waals surface area contributed by atoms with Gasteiger partial charge in [-0.3, -0.25) is 18.7 Å². The van der Waals surface area contributed by atoms with E-state index in [0.29, 0.717) is 30.4 Å². The standard InChI is InChI=1S/C32H46N9O17P3/c33-30-23(18-41(32(44)38-30)29-11-10-26(56-29)19-55-60(48,49)58-61(50,51)57-59(45,46)47)6-4-12-36-27(42)20-52-15-16-53-28(39-40-34)21-54-25-9-3-5-22(17-25)31(43)37-14-13-35-24-7-1-2-8-24/h3,5,9,17-18,24,26,28-29,35H,1-2,7-8,10-16,19-21H2,(H,36,42)(H,37,43)(H,48,49)(H,50,51)(H2,33,38,44)(H2,45,46,47)/t26-,28?,29+/m0/s1. The predicted molar refractivity (Wildman–Crippen MR) is 210 cm³/mol. The van der Waals surface area contributed by atoms with Crippen molar-refractivity contribution in [1.82, 2.24) is 25.5 Å². The maximum absolute atomic E-state index is 12.6. The molecule has 2 fully saturated rings. The van der Waals surface area contributed by atoms with Gasteiger partial charge >= 0.3 is 29.2 Å². The van der Waals surface area contributed by atoms with E-state index in [-0.39, 0.29) is 63.1 Å². The highest BCUT2D eigenvalue weighted by molar-refractivity contribution is 7.66. The summed E-state index contributed by atoms with van der Waals surface area (Å²) >= 11 is 0. The predicted octanol–water partition coefficient (Wildman–Crippen LogP) is 1.32. The van der Waals surface area contributed by atoms with Crippen molar-refractivity contribution < 1.29 is 75.0 Å². The number of ether oxygens (including phenoxy) is 4. The quantitative estimate of drug-likeness (QED) is 0.0184. The molecule has 4 rings (SSSR count). The van der Waals surface area contributed by atoms with Crippen molar-refractivity contribution >= 4 is 41.1 Å². The Bertz CT molecular complexity index is 2140. The number of phosphoric ester groups is 1. The van der Waals surface area contributed by atoms with Crippen LogP contribution in [-0.4, -0.2) is 112 Å².